The molecule has 0 aliphatic carbocycles. The first kappa shape index (κ1) is 21.0. The number of fused-ring (bicyclic) bond motifs is 2. The van der Waals surface area contributed by atoms with Crippen molar-refractivity contribution in [1.82, 2.24) is 4.90 Å². The Balaban J connectivity index is 1.63. The van der Waals surface area contributed by atoms with Crippen LogP contribution in [0, 0.1) is 17.2 Å². The third-order valence-corrected chi connectivity index (χ3v) is 5.92. The molecule has 4 rings (SSSR count). The number of nitriles is 1. The zero-order valence-corrected chi connectivity index (χ0v) is 18.5. The molecule has 6 heteroatoms. The molecule has 0 bridgehead atoms. The minimum Gasteiger partial charge on any atom is -0.493 e. The second kappa shape index (κ2) is 8.14. The molecule has 31 heavy (non-hydrogen) atoms. The van der Waals surface area contributed by atoms with Gasteiger partial charge >= 0.3 is 6.09 Å². The second-order valence-corrected chi connectivity index (χ2v) is 9.13. The number of hydrogen-bond acceptors (Lipinski definition) is 5. The molecule has 2 aliphatic heterocycles. The Bertz CT molecular complexity index is 1030. The topological polar surface area (TPSA) is 71.8 Å². The van der Waals surface area contributed by atoms with Crippen molar-refractivity contribution in [2.24, 2.45) is 5.92 Å². The van der Waals surface area contributed by atoms with Crippen LogP contribution in [0.15, 0.2) is 36.4 Å². The lowest BCUT2D eigenvalue weighted by atomic mass is 9.74. The molecule has 0 N–H and O–H groups in total. The fourth-order valence-electron chi connectivity index (χ4n) is 4.52. The van der Waals surface area contributed by atoms with E-state index < -0.39 is 5.60 Å². The van der Waals surface area contributed by atoms with Crippen molar-refractivity contribution < 1.29 is 19.0 Å². The van der Waals surface area contributed by atoms with Gasteiger partial charge in [-0.15, -0.1) is 0 Å². The van der Waals surface area contributed by atoms with Crippen molar-refractivity contribution in [2.75, 3.05) is 20.2 Å². The third kappa shape index (κ3) is 4.18. The SMILES string of the molecule is COc1cccc2c1Oc1cc(C#N)ccc1C2C1CCN(C(=O)OC(C)(C)C)CC1. The van der Waals surface area contributed by atoms with E-state index in [1.165, 1.54) is 0 Å². The minimum atomic E-state index is -0.498. The van der Waals surface area contributed by atoms with Crippen LogP contribution in [0.5, 0.6) is 17.2 Å². The smallest absolute Gasteiger partial charge is 0.410 e. The van der Waals surface area contributed by atoms with Gasteiger partial charge in [-0.2, -0.15) is 5.26 Å². The Hall–Kier alpha value is -3.20. The van der Waals surface area contributed by atoms with E-state index in [0.717, 1.165) is 24.0 Å². The summed E-state index contributed by atoms with van der Waals surface area (Å²) in [6.45, 7) is 6.97. The maximum atomic E-state index is 12.5. The van der Waals surface area contributed by atoms with Crippen molar-refractivity contribution in [3.05, 3.63) is 53.1 Å². The van der Waals surface area contributed by atoms with Crippen molar-refractivity contribution in [3.8, 4) is 23.3 Å². The molecular formula is C25H28N2O4. The molecule has 162 valence electrons. The molecule has 2 aromatic carbocycles. The van der Waals surface area contributed by atoms with Crippen LogP contribution in [0.2, 0.25) is 0 Å². The van der Waals surface area contributed by atoms with E-state index in [0.29, 0.717) is 41.8 Å². The van der Waals surface area contributed by atoms with E-state index in [-0.39, 0.29) is 12.0 Å². The predicted octanol–water partition coefficient (Wildman–Crippen LogP) is 5.45. The number of carbonyl (C=O) groups excluding carboxylic acids is 1. The van der Waals surface area contributed by atoms with E-state index >= 15 is 0 Å². The summed E-state index contributed by atoms with van der Waals surface area (Å²) in [4.78, 5) is 14.3. The average Bonchev–Trinajstić information content (AvgIpc) is 2.75. The molecule has 0 aromatic heterocycles. The summed E-state index contributed by atoms with van der Waals surface area (Å²) < 4.78 is 17.3. The normalized spacial score (nSPS) is 18.3. The summed E-state index contributed by atoms with van der Waals surface area (Å²) in [5.41, 5.74) is 2.24. The van der Waals surface area contributed by atoms with Gasteiger partial charge in [0.2, 0.25) is 0 Å². The lowest BCUT2D eigenvalue weighted by molar-refractivity contribution is 0.0177. The van der Waals surface area contributed by atoms with Crippen molar-refractivity contribution in [3.63, 3.8) is 0 Å². The number of para-hydroxylation sites is 1. The first-order chi connectivity index (χ1) is 14.8. The first-order valence-corrected chi connectivity index (χ1v) is 10.7. The number of ether oxygens (including phenoxy) is 3. The first-order valence-electron chi connectivity index (χ1n) is 10.7. The van der Waals surface area contributed by atoms with Gasteiger partial charge in [0.25, 0.3) is 0 Å². The molecular weight excluding hydrogens is 392 g/mol. The summed E-state index contributed by atoms with van der Waals surface area (Å²) in [6, 6.07) is 13.8. The van der Waals surface area contributed by atoms with Crippen LogP contribution < -0.4 is 9.47 Å². The summed E-state index contributed by atoms with van der Waals surface area (Å²) in [6.07, 6.45) is 1.47. The number of hydrogen-bond donors (Lipinski definition) is 0. The Labute approximate surface area is 183 Å². The molecule has 1 amide bonds. The zero-order valence-electron chi connectivity index (χ0n) is 18.5. The maximum Gasteiger partial charge on any atom is 0.410 e. The summed E-state index contributed by atoms with van der Waals surface area (Å²) in [5.74, 6) is 2.55. The lowest BCUT2D eigenvalue weighted by Crippen LogP contribution is -2.42. The van der Waals surface area contributed by atoms with E-state index in [9.17, 15) is 10.1 Å². The molecule has 1 fully saturated rings. The Morgan fingerprint density at radius 3 is 2.55 bits per heavy atom. The predicted molar refractivity (Wildman–Crippen MR) is 117 cm³/mol. The van der Waals surface area contributed by atoms with Crippen molar-refractivity contribution in [2.45, 2.75) is 45.1 Å². The number of likely N-dealkylation sites (tertiary alicyclic amines) is 1. The van der Waals surface area contributed by atoms with E-state index in [4.69, 9.17) is 14.2 Å². The number of piperidine rings is 1. The number of amides is 1. The highest BCUT2D eigenvalue weighted by atomic mass is 16.6. The maximum absolute atomic E-state index is 12.5. The van der Waals surface area contributed by atoms with Gasteiger partial charge in [-0.25, -0.2) is 4.79 Å². The van der Waals surface area contributed by atoms with Crippen LogP contribution in [-0.2, 0) is 4.74 Å². The molecule has 2 aliphatic rings. The molecule has 2 heterocycles. The number of benzene rings is 2. The lowest BCUT2D eigenvalue weighted by Gasteiger charge is -2.39. The van der Waals surface area contributed by atoms with Gasteiger partial charge in [0.1, 0.15) is 11.4 Å². The highest BCUT2D eigenvalue weighted by molar-refractivity contribution is 5.68. The molecule has 6 nitrogen and oxygen atoms in total. The zero-order chi connectivity index (χ0) is 22.2. The molecule has 0 radical (unpaired) electrons. The second-order valence-electron chi connectivity index (χ2n) is 9.13. The minimum absolute atomic E-state index is 0.113. The van der Waals surface area contributed by atoms with E-state index in [1.807, 2.05) is 45.0 Å². The monoisotopic (exact) mass is 420 g/mol. The van der Waals surface area contributed by atoms with E-state index in [2.05, 4.69) is 12.1 Å². The highest BCUT2D eigenvalue weighted by Gasteiger charge is 2.37. The van der Waals surface area contributed by atoms with Gasteiger partial charge in [0.15, 0.2) is 11.5 Å². The van der Waals surface area contributed by atoms with Crippen LogP contribution in [0.1, 0.15) is 56.2 Å². The number of rotatable bonds is 2. The third-order valence-electron chi connectivity index (χ3n) is 5.92. The van der Waals surface area contributed by atoms with Crippen molar-refractivity contribution in [1.29, 1.82) is 5.26 Å². The molecule has 1 saturated heterocycles. The largest absolute Gasteiger partial charge is 0.493 e. The van der Waals surface area contributed by atoms with Gasteiger partial charge < -0.3 is 19.1 Å². The standard InChI is InChI=1S/C25H28N2O4/c1-25(2,3)31-24(28)27-12-10-17(11-13-27)22-18-9-8-16(15-26)14-21(18)30-23-19(22)6-5-7-20(23)29-4/h5-9,14,17,22H,10-13H2,1-4H3. The van der Waals surface area contributed by atoms with Crippen LogP contribution >= 0.6 is 0 Å². The summed E-state index contributed by atoms with van der Waals surface area (Å²) in [7, 11) is 1.63. The van der Waals surface area contributed by atoms with Gasteiger partial charge in [-0.3, -0.25) is 0 Å². The van der Waals surface area contributed by atoms with Crippen LogP contribution in [0.25, 0.3) is 0 Å². The molecule has 0 spiro atoms. The molecule has 0 saturated carbocycles. The number of carbonyl (C=O) groups is 1. The average molecular weight is 421 g/mol. The van der Waals surface area contributed by atoms with Crippen LogP contribution in [0.3, 0.4) is 0 Å². The van der Waals surface area contributed by atoms with Gasteiger partial charge in [-0.1, -0.05) is 18.2 Å². The van der Waals surface area contributed by atoms with Gasteiger partial charge in [-0.05, 0) is 57.7 Å². The summed E-state index contributed by atoms with van der Waals surface area (Å²) in [5, 5.41) is 9.33. The van der Waals surface area contributed by atoms with Gasteiger partial charge in [0.05, 0.1) is 18.7 Å². The number of methoxy groups -OCH3 is 1. The van der Waals surface area contributed by atoms with Crippen LogP contribution in [0.4, 0.5) is 4.79 Å². The molecule has 1 unspecified atom stereocenters. The fraction of sp³-hybridized carbons (Fsp3) is 0.440. The highest BCUT2D eigenvalue weighted by Crippen LogP contribution is 2.52. The van der Waals surface area contributed by atoms with Crippen molar-refractivity contribution >= 4 is 6.09 Å². The Kier molecular flexibility index (Phi) is 5.53. The molecule has 2 aromatic rings. The van der Waals surface area contributed by atoms with E-state index in [1.54, 1.807) is 18.1 Å². The Morgan fingerprint density at radius 1 is 1.16 bits per heavy atom. The fourth-order valence-corrected chi connectivity index (χ4v) is 4.52. The molecule has 1 atom stereocenters. The summed E-state index contributed by atoms with van der Waals surface area (Å²) >= 11 is 0. The Morgan fingerprint density at radius 2 is 1.90 bits per heavy atom. The van der Waals surface area contributed by atoms with Crippen LogP contribution in [-0.4, -0.2) is 36.8 Å². The van der Waals surface area contributed by atoms with Gasteiger partial charge in [0, 0.05) is 30.1 Å². The number of nitrogens with zero attached hydrogens (tertiary/aromatic N) is 2. The quantitative estimate of drug-likeness (QED) is 0.646.